The van der Waals surface area contributed by atoms with Crippen molar-refractivity contribution in [3.05, 3.63) is 35.5 Å². The maximum Gasteiger partial charge on any atom is 0.255 e. The highest BCUT2D eigenvalue weighted by Gasteiger charge is 2.28. The molecule has 0 saturated carbocycles. The number of rotatable bonds is 4. The lowest BCUT2D eigenvalue weighted by atomic mass is 9.95. The Hall–Kier alpha value is -2.48. The number of halogens is 1. The second kappa shape index (κ2) is 7.82. The van der Waals surface area contributed by atoms with Crippen LogP contribution in [0, 0.1) is 5.92 Å². The number of aromatic nitrogens is 4. The maximum atomic E-state index is 12.7. The van der Waals surface area contributed by atoms with Crippen LogP contribution in [0.15, 0.2) is 24.9 Å². The average molecular weight is 377 g/mol. The summed E-state index contributed by atoms with van der Waals surface area (Å²) in [5.41, 5.74) is 0.428. The van der Waals surface area contributed by atoms with E-state index in [1.165, 1.54) is 18.9 Å². The Labute approximate surface area is 156 Å². The predicted molar refractivity (Wildman–Crippen MR) is 96.1 cm³/mol. The molecule has 2 amide bonds. The van der Waals surface area contributed by atoms with Crippen molar-refractivity contribution in [3.63, 3.8) is 0 Å². The van der Waals surface area contributed by atoms with E-state index in [-0.39, 0.29) is 23.8 Å². The van der Waals surface area contributed by atoms with Crippen molar-refractivity contribution in [2.75, 3.05) is 13.1 Å². The quantitative estimate of drug-likeness (QED) is 0.876. The molecule has 8 nitrogen and oxygen atoms in total. The smallest absolute Gasteiger partial charge is 0.255 e. The fourth-order valence-corrected chi connectivity index (χ4v) is 3.24. The number of carbonyl (C=O) groups excluding carboxylic acids is 2. The third kappa shape index (κ3) is 4.01. The number of piperidine rings is 1. The van der Waals surface area contributed by atoms with Gasteiger partial charge in [-0.3, -0.25) is 14.2 Å². The molecule has 0 unspecified atom stereocenters. The van der Waals surface area contributed by atoms with E-state index < -0.39 is 0 Å². The van der Waals surface area contributed by atoms with Crippen LogP contribution in [0.2, 0.25) is 5.02 Å². The summed E-state index contributed by atoms with van der Waals surface area (Å²) in [7, 11) is 0. The van der Waals surface area contributed by atoms with Crippen LogP contribution in [-0.2, 0) is 4.79 Å². The molecule has 1 aliphatic heterocycles. The van der Waals surface area contributed by atoms with Crippen molar-refractivity contribution in [2.45, 2.75) is 32.7 Å². The Morgan fingerprint density at radius 3 is 2.46 bits per heavy atom. The van der Waals surface area contributed by atoms with Gasteiger partial charge in [-0.25, -0.2) is 4.98 Å². The molecule has 0 bridgehead atoms. The van der Waals surface area contributed by atoms with Crippen molar-refractivity contribution in [1.29, 1.82) is 0 Å². The van der Waals surface area contributed by atoms with Gasteiger partial charge in [-0.15, -0.1) is 10.2 Å². The normalized spacial score (nSPS) is 15.3. The number of likely N-dealkylation sites (tertiary alicyclic amines) is 1. The number of carbonyl (C=O) groups is 2. The molecule has 1 saturated heterocycles. The largest absolute Gasteiger partial charge is 0.354 e. The fraction of sp³-hybridized carbons (Fsp3) is 0.471. The highest BCUT2D eigenvalue weighted by atomic mass is 35.5. The van der Waals surface area contributed by atoms with Gasteiger partial charge < -0.3 is 10.2 Å². The molecule has 0 atom stereocenters. The summed E-state index contributed by atoms with van der Waals surface area (Å²) in [4.78, 5) is 30.8. The SMILES string of the molecule is CC(C)NC(=O)C1CCN(C(=O)c2cnc(-n3cnnc3)c(Cl)c2)CC1. The van der Waals surface area contributed by atoms with Crippen molar-refractivity contribution < 1.29 is 9.59 Å². The molecule has 26 heavy (non-hydrogen) atoms. The first-order chi connectivity index (χ1) is 12.5. The molecule has 2 aromatic rings. The Morgan fingerprint density at radius 2 is 1.88 bits per heavy atom. The van der Waals surface area contributed by atoms with Crippen LogP contribution in [-0.4, -0.2) is 55.6 Å². The molecule has 0 spiro atoms. The summed E-state index contributed by atoms with van der Waals surface area (Å²) in [5, 5.41) is 10.7. The number of pyridine rings is 1. The zero-order valence-corrected chi connectivity index (χ0v) is 15.5. The van der Waals surface area contributed by atoms with Gasteiger partial charge in [0.2, 0.25) is 5.91 Å². The zero-order chi connectivity index (χ0) is 18.7. The molecule has 9 heteroatoms. The molecular weight excluding hydrogens is 356 g/mol. The molecule has 1 fully saturated rings. The lowest BCUT2D eigenvalue weighted by Crippen LogP contribution is -2.44. The molecule has 1 aliphatic rings. The fourth-order valence-electron chi connectivity index (χ4n) is 2.98. The number of hydrogen-bond donors (Lipinski definition) is 1. The van der Waals surface area contributed by atoms with Gasteiger partial charge in [-0.2, -0.15) is 0 Å². The van der Waals surface area contributed by atoms with Crippen LogP contribution in [0.4, 0.5) is 0 Å². The van der Waals surface area contributed by atoms with Crippen LogP contribution < -0.4 is 5.32 Å². The highest BCUT2D eigenvalue weighted by molar-refractivity contribution is 6.32. The van der Waals surface area contributed by atoms with E-state index in [0.29, 0.717) is 42.3 Å². The summed E-state index contributed by atoms with van der Waals surface area (Å²) in [5.74, 6) is 0.365. The molecule has 3 heterocycles. The van der Waals surface area contributed by atoms with E-state index >= 15 is 0 Å². The van der Waals surface area contributed by atoms with E-state index in [0.717, 1.165) is 0 Å². The standard InChI is InChI=1S/C17H21ClN6O2/c1-11(2)22-16(25)12-3-5-23(6-4-12)17(26)13-7-14(18)15(19-8-13)24-9-20-21-10-24/h7-12H,3-6H2,1-2H3,(H,22,25). The molecule has 2 aromatic heterocycles. The van der Waals surface area contributed by atoms with Crippen LogP contribution in [0.1, 0.15) is 37.0 Å². The Kier molecular flexibility index (Phi) is 5.51. The van der Waals surface area contributed by atoms with Crippen LogP contribution in [0.5, 0.6) is 0 Å². The van der Waals surface area contributed by atoms with Crippen LogP contribution >= 0.6 is 11.6 Å². The summed E-state index contributed by atoms with van der Waals surface area (Å²) in [6, 6.07) is 1.73. The van der Waals surface area contributed by atoms with Gasteiger partial charge in [-0.05, 0) is 32.8 Å². The zero-order valence-electron chi connectivity index (χ0n) is 14.7. The van der Waals surface area contributed by atoms with Crippen molar-refractivity contribution in [1.82, 2.24) is 30.0 Å². The second-order valence-electron chi connectivity index (χ2n) is 6.63. The third-order valence-corrected chi connectivity index (χ3v) is 4.59. The minimum absolute atomic E-state index is 0.0423. The lowest BCUT2D eigenvalue weighted by molar-refractivity contribution is -0.126. The summed E-state index contributed by atoms with van der Waals surface area (Å²) in [6.07, 6.45) is 5.79. The van der Waals surface area contributed by atoms with E-state index in [1.54, 1.807) is 15.5 Å². The first kappa shape index (κ1) is 18.3. The average Bonchev–Trinajstić information content (AvgIpc) is 3.15. The number of amides is 2. The van der Waals surface area contributed by atoms with Crippen molar-refractivity contribution >= 4 is 23.4 Å². The molecule has 3 rings (SSSR count). The van der Waals surface area contributed by atoms with Crippen LogP contribution in [0.3, 0.4) is 0 Å². The Bertz CT molecular complexity index is 785. The van der Waals surface area contributed by atoms with Crippen LogP contribution in [0.25, 0.3) is 5.82 Å². The third-order valence-electron chi connectivity index (χ3n) is 4.32. The van der Waals surface area contributed by atoms with E-state index in [1.807, 2.05) is 13.8 Å². The number of hydrogen-bond acceptors (Lipinski definition) is 5. The topological polar surface area (TPSA) is 93.0 Å². The van der Waals surface area contributed by atoms with Crippen molar-refractivity contribution in [3.8, 4) is 5.82 Å². The second-order valence-corrected chi connectivity index (χ2v) is 7.04. The van der Waals surface area contributed by atoms with Gasteiger partial charge in [0.1, 0.15) is 12.7 Å². The maximum absolute atomic E-state index is 12.7. The minimum Gasteiger partial charge on any atom is -0.354 e. The van der Waals surface area contributed by atoms with E-state index in [2.05, 4.69) is 20.5 Å². The minimum atomic E-state index is -0.127. The Balaban J connectivity index is 1.64. The molecule has 0 aliphatic carbocycles. The Morgan fingerprint density at radius 1 is 1.23 bits per heavy atom. The van der Waals surface area contributed by atoms with E-state index in [9.17, 15) is 9.59 Å². The molecular formula is C17H21ClN6O2. The first-order valence-corrected chi connectivity index (χ1v) is 8.93. The first-order valence-electron chi connectivity index (χ1n) is 8.56. The van der Waals surface area contributed by atoms with Gasteiger partial charge in [-0.1, -0.05) is 11.6 Å². The van der Waals surface area contributed by atoms with Gasteiger partial charge in [0, 0.05) is 31.2 Å². The summed E-state index contributed by atoms with van der Waals surface area (Å²) >= 11 is 6.25. The number of nitrogens with one attached hydrogen (secondary N) is 1. The van der Waals surface area contributed by atoms with Gasteiger partial charge in [0.15, 0.2) is 5.82 Å². The molecule has 0 radical (unpaired) electrons. The molecule has 0 aromatic carbocycles. The molecule has 1 N–H and O–H groups in total. The number of nitrogens with zero attached hydrogens (tertiary/aromatic N) is 5. The van der Waals surface area contributed by atoms with Gasteiger partial charge in [0.25, 0.3) is 5.91 Å². The van der Waals surface area contributed by atoms with Gasteiger partial charge in [0.05, 0.1) is 10.6 Å². The molecule has 138 valence electrons. The van der Waals surface area contributed by atoms with E-state index in [4.69, 9.17) is 11.6 Å². The highest BCUT2D eigenvalue weighted by Crippen LogP contribution is 2.22. The van der Waals surface area contributed by atoms with Gasteiger partial charge >= 0.3 is 0 Å². The lowest BCUT2D eigenvalue weighted by Gasteiger charge is -2.31. The summed E-state index contributed by atoms with van der Waals surface area (Å²) in [6.45, 7) is 4.97. The summed E-state index contributed by atoms with van der Waals surface area (Å²) < 4.78 is 1.58. The van der Waals surface area contributed by atoms with Crippen molar-refractivity contribution in [2.24, 2.45) is 5.92 Å². The monoisotopic (exact) mass is 376 g/mol. The predicted octanol–water partition coefficient (Wildman–Crippen LogP) is 1.69.